The first-order valence-corrected chi connectivity index (χ1v) is 12.0. The van der Waals surface area contributed by atoms with E-state index in [-0.39, 0.29) is 11.8 Å². The van der Waals surface area contributed by atoms with Gasteiger partial charge in [0.2, 0.25) is 0 Å². The van der Waals surface area contributed by atoms with Gasteiger partial charge in [0.15, 0.2) is 6.10 Å². The van der Waals surface area contributed by atoms with Gasteiger partial charge in [0.05, 0.1) is 12.5 Å². The SMILES string of the molecule is CCCCCCCCCCCCCCCCC(C(=O)OC(=O)C(O)CO)C(C)C. The van der Waals surface area contributed by atoms with Crippen molar-refractivity contribution in [3.05, 3.63) is 0 Å². The summed E-state index contributed by atoms with van der Waals surface area (Å²) < 4.78 is 4.71. The van der Waals surface area contributed by atoms with E-state index in [9.17, 15) is 14.7 Å². The molecule has 2 unspecified atom stereocenters. The average molecular weight is 415 g/mol. The Kier molecular flexibility index (Phi) is 18.4. The Morgan fingerprint density at radius 1 is 0.724 bits per heavy atom. The molecule has 0 aromatic rings. The highest BCUT2D eigenvalue weighted by molar-refractivity contribution is 5.89. The molecule has 0 rings (SSSR count). The number of hydrogen-bond acceptors (Lipinski definition) is 5. The van der Waals surface area contributed by atoms with Gasteiger partial charge >= 0.3 is 11.9 Å². The molecule has 0 aromatic heterocycles. The van der Waals surface area contributed by atoms with Gasteiger partial charge in [-0.2, -0.15) is 0 Å². The molecule has 0 aromatic carbocycles. The predicted octanol–water partition coefficient (Wildman–Crippen LogP) is 5.55. The van der Waals surface area contributed by atoms with Crippen molar-refractivity contribution in [2.24, 2.45) is 11.8 Å². The Labute approximate surface area is 178 Å². The molecule has 0 bridgehead atoms. The number of carbonyl (C=O) groups is 2. The van der Waals surface area contributed by atoms with Gasteiger partial charge in [-0.15, -0.1) is 0 Å². The van der Waals surface area contributed by atoms with Crippen LogP contribution in [0.25, 0.3) is 0 Å². The Morgan fingerprint density at radius 2 is 1.14 bits per heavy atom. The number of aliphatic hydroxyl groups excluding tert-OH is 2. The molecular formula is C24H46O5. The lowest BCUT2D eigenvalue weighted by Gasteiger charge is -2.19. The quantitative estimate of drug-likeness (QED) is 0.164. The van der Waals surface area contributed by atoms with Crippen LogP contribution < -0.4 is 0 Å². The molecule has 29 heavy (non-hydrogen) atoms. The highest BCUT2D eigenvalue weighted by Gasteiger charge is 2.27. The third kappa shape index (κ3) is 15.5. The monoisotopic (exact) mass is 414 g/mol. The highest BCUT2D eigenvalue weighted by atomic mass is 16.6. The molecule has 0 aliphatic heterocycles. The molecule has 2 atom stereocenters. The first-order valence-electron chi connectivity index (χ1n) is 12.0. The Hall–Kier alpha value is -0.940. The van der Waals surface area contributed by atoms with Gasteiger partial charge in [0.25, 0.3) is 0 Å². The fraction of sp³-hybridized carbons (Fsp3) is 0.917. The third-order valence-corrected chi connectivity index (χ3v) is 5.62. The minimum absolute atomic E-state index is 0.0727. The molecule has 5 nitrogen and oxygen atoms in total. The Balaban J connectivity index is 3.70. The number of esters is 2. The van der Waals surface area contributed by atoms with E-state index in [4.69, 9.17) is 9.84 Å². The molecule has 0 spiro atoms. The van der Waals surface area contributed by atoms with Crippen molar-refractivity contribution in [3.8, 4) is 0 Å². The summed E-state index contributed by atoms with van der Waals surface area (Å²) >= 11 is 0. The summed E-state index contributed by atoms with van der Waals surface area (Å²) in [4.78, 5) is 23.6. The maximum atomic E-state index is 12.1. The molecule has 0 aliphatic rings. The Morgan fingerprint density at radius 3 is 1.52 bits per heavy atom. The van der Waals surface area contributed by atoms with E-state index in [1.807, 2.05) is 13.8 Å². The minimum Gasteiger partial charge on any atom is -0.393 e. The Bertz CT molecular complexity index is 408. The van der Waals surface area contributed by atoms with E-state index < -0.39 is 24.6 Å². The van der Waals surface area contributed by atoms with E-state index in [0.29, 0.717) is 6.42 Å². The van der Waals surface area contributed by atoms with Crippen LogP contribution in [0.15, 0.2) is 0 Å². The number of aliphatic hydroxyl groups is 2. The fourth-order valence-corrected chi connectivity index (χ4v) is 3.60. The number of rotatable bonds is 19. The lowest BCUT2D eigenvalue weighted by Crippen LogP contribution is -2.32. The number of carbonyl (C=O) groups excluding carboxylic acids is 2. The molecule has 0 heterocycles. The molecule has 0 aliphatic carbocycles. The summed E-state index contributed by atoms with van der Waals surface area (Å²) in [5.41, 5.74) is 0. The molecule has 0 radical (unpaired) electrons. The molecule has 0 fully saturated rings. The summed E-state index contributed by atoms with van der Waals surface area (Å²) in [5, 5.41) is 18.0. The second-order valence-electron chi connectivity index (χ2n) is 8.67. The highest BCUT2D eigenvalue weighted by Crippen LogP contribution is 2.21. The van der Waals surface area contributed by atoms with Gasteiger partial charge in [-0.1, -0.05) is 111 Å². The van der Waals surface area contributed by atoms with E-state index in [0.717, 1.165) is 12.8 Å². The third-order valence-electron chi connectivity index (χ3n) is 5.62. The minimum atomic E-state index is -1.65. The maximum Gasteiger partial charge on any atom is 0.345 e. The van der Waals surface area contributed by atoms with Crippen LogP contribution >= 0.6 is 0 Å². The van der Waals surface area contributed by atoms with Crippen LogP contribution in [-0.4, -0.2) is 34.9 Å². The molecular weight excluding hydrogens is 368 g/mol. The maximum absolute atomic E-state index is 12.1. The van der Waals surface area contributed by atoms with Crippen molar-refractivity contribution in [2.75, 3.05) is 6.61 Å². The van der Waals surface area contributed by atoms with Crippen LogP contribution in [-0.2, 0) is 14.3 Å². The van der Waals surface area contributed by atoms with Crippen LogP contribution in [0, 0.1) is 11.8 Å². The number of hydrogen-bond donors (Lipinski definition) is 2. The smallest absolute Gasteiger partial charge is 0.345 e. The van der Waals surface area contributed by atoms with Crippen LogP contribution in [0.2, 0.25) is 0 Å². The topological polar surface area (TPSA) is 83.8 Å². The van der Waals surface area contributed by atoms with E-state index in [1.165, 1.54) is 77.0 Å². The van der Waals surface area contributed by atoms with Gasteiger partial charge < -0.3 is 14.9 Å². The molecule has 0 saturated heterocycles. The molecule has 0 saturated carbocycles. The van der Waals surface area contributed by atoms with Crippen molar-refractivity contribution < 1.29 is 24.5 Å². The zero-order valence-electron chi connectivity index (χ0n) is 19.2. The van der Waals surface area contributed by atoms with Gasteiger partial charge in [0.1, 0.15) is 0 Å². The second-order valence-corrected chi connectivity index (χ2v) is 8.67. The van der Waals surface area contributed by atoms with Crippen molar-refractivity contribution >= 4 is 11.9 Å². The number of unbranched alkanes of at least 4 members (excludes halogenated alkanes) is 13. The lowest BCUT2D eigenvalue weighted by molar-refractivity contribution is -0.170. The van der Waals surface area contributed by atoms with Crippen molar-refractivity contribution in [3.63, 3.8) is 0 Å². The summed E-state index contributed by atoms with van der Waals surface area (Å²) in [7, 11) is 0. The largest absolute Gasteiger partial charge is 0.393 e. The fourth-order valence-electron chi connectivity index (χ4n) is 3.60. The predicted molar refractivity (Wildman–Crippen MR) is 117 cm³/mol. The summed E-state index contributed by atoms with van der Waals surface area (Å²) in [6.07, 6.45) is 17.1. The standard InChI is InChI=1S/C24H46O5/c1-4-5-6-7-8-9-10-11-12-13-14-15-16-17-18-21(20(2)3)23(27)29-24(28)22(26)19-25/h20-22,25-26H,4-19H2,1-3H3. The van der Waals surface area contributed by atoms with Crippen LogP contribution in [0.4, 0.5) is 0 Å². The first-order chi connectivity index (χ1) is 13.9. The second kappa shape index (κ2) is 19.0. The van der Waals surface area contributed by atoms with Gasteiger partial charge in [-0.05, 0) is 12.3 Å². The van der Waals surface area contributed by atoms with Crippen LogP contribution in [0.1, 0.15) is 117 Å². The lowest BCUT2D eigenvalue weighted by atomic mass is 9.90. The van der Waals surface area contributed by atoms with E-state index >= 15 is 0 Å². The van der Waals surface area contributed by atoms with Crippen LogP contribution in [0.5, 0.6) is 0 Å². The van der Waals surface area contributed by atoms with Gasteiger partial charge in [-0.25, -0.2) is 4.79 Å². The summed E-state index contributed by atoms with van der Waals surface area (Å²) in [6, 6.07) is 0. The summed E-state index contributed by atoms with van der Waals surface area (Å²) in [6.45, 7) is 5.38. The zero-order chi connectivity index (χ0) is 21.9. The van der Waals surface area contributed by atoms with E-state index in [1.54, 1.807) is 0 Å². The van der Waals surface area contributed by atoms with Crippen molar-refractivity contribution in [1.29, 1.82) is 0 Å². The summed E-state index contributed by atoms with van der Waals surface area (Å²) in [5.74, 6) is -1.93. The van der Waals surface area contributed by atoms with Crippen molar-refractivity contribution in [2.45, 2.75) is 123 Å². The molecule has 172 valence electrons. The average Bonchev–Trinajstić information content (AvgIpc) is 2.69. The van der Waals surface area contributed by atoms with Crippen LogP contribution in [0.3, 0.4) is 0 Å². The van der Waals surface area contributed by atoms with Gasteiger partial charge in [0, 0.05) is 0 Å². The molecule has 5 heteroatoms. The first kappa shape index (κ1) is 28.1. The van der Waals surface area contributed by atoms with E-state index in [2.05, 4.69) is 6.92 Å². The normalized spacial score (nSPS) is 13.4. The molecule has 2 N–H and O–H groups in total. The number of ether oxygens (including phenoxy) is 1. The zero-order valence-corrected chi connectivity index (χ0v) is 19.2. The molecule has 0 amide bonds. The van der Waals surface area contributed by atoms with Gasteiger partial charge in [-0.3, -0.25) is 4.79 Å². The van der Waals surface area contributed by atoms with Crippen molar-refractivity contribution in [1.82, 2.24) is 0 Å².